The number of fused-ring (bicyclic) bond motifs is 1. The van der Waals surface area contributed by atoms with E-state index in [2.05, 4.69) is 5.10 Å². The highest BCUT2D eigenvalue weighted by molar-refractivity contribution is 5.89. The largest absolute Gasteiger partial charge is 0.338 e. The Morgan fingerprint density at radius 2 is 1.85 bits per heavy atom. The molecule has 33 heavy (non-hydrogen) atoms. The Bertz CT molecular complexity index is 1170. The molecule has 2 aliphatic heterocycles. The van der Waals surface area contributed by atoms with E-state index in [-0.39, 0.29) is 30.0 Å². The van der Waals surface area contributed by atoms with E-state index in [1.54, 1.807) is 17.0 Å². The van der Waals surface area contributed by atoms with Gasteiger partial charge in [-0.1, -0.05) is 29.8 Å². The zero-order chi connectivity index (χ0) is 22.9. The summed E-state index contributed by atoms with van der Waals surface area (Å²) < 4.78 is 15.2. The molecule has 1 aromatic heterocycles. The van der Waals surface area contributed by atoms with E-state index in [9.17, 15) is 14.0 Å². The van der Waals surface area contributed by atoms with Gasteiger partial charge < -0.3 is 9.80 Å². The molecule has 1 unspecified atom stereocenters. The lowest BCUT2D eigenvalue weighted by Crippen LogP contribution is -2.37. The van der Waals surface area contributed by atoms with Crippen molar-refractivity contribution >= 4 is 11.8 Å². The molecule has 0 bridgehead atoms. The molecule has 0 saturated carbocycles. The number of carbonyl (C=O) groups excluding carboxylic acids is 2. The number of halogens is 1. The molecule has 2 amide bonds. The van der Waals surface area contributed by atoms with Gasteiger partial charge in [-0.3, -0.25) is 14.3 Å². The zero-order valence-electron chi connectivity index (χ0n) is 18.7. The Labute approximate surface area is 192 Å². The molecule has 0 radical (unpaired) electrons. The molecule has 7 heteroatoms. The monoisotopic (exact) mass is 446 g/mol. The Hall–Kier alpha value is -3.48. The number of aryl methyl sites for hydroxylation is 2. The topological polar surface area (TPSA) is 58.4 Å². The number of carbonyl (C=O) groups is 2. The maximum atomic E-state index is 13.3. The fourth-order valence-electron chi connectivity index (χ4n) is 4.67. The van der Waals surface area contributed by atoms with E-state index in [4.69, 9.17) is 0 Å². The molecule has 0 N–H and O–H groups in total. The van der Waals surface area contributed by atoms with Crippen molar-refractivity contribution in [1.82, 2.24) is 19.6 Å². The number of amides is 2. The van der Waals surface area contributed by atoms with Crippen molar-refractivity contribution in [3.8, 4) is 11.3 Å². The highest BCUT2D eigenvalue weighted by Crippen LogP contribution is 2.26. The lowest BCUT2D eigenvalue weighted by atomic mass is 10.1. The van der Waals surface area contributed by atoms with Crippen LogP contribution in [0.3, 0.4) is 0 Å². The normalized spacial score (nSPS) is 18.4. The van der Waals surface area contributed by atoms with Crippen molar-refractivity contribution in [1.29, 1.82) is 0 Å². The Balaban J connectivity index is 1.27. The van der Waals surface area contributed by atoms with Gasteiger partial charge in [0.1, 0.15) is 5.82 Å². The van der Waals surface area contributed by atoms with E-state index < -0.39 is 0 Å². The fraction of sp³-hybridized carbons (Fsp3) is 0.346. The highest BCUT2D eigenvalue weighted by Gasteiger charge is 2.37. The van der Waals surface area contributed by atoms with Crippen LogP contribution in [-0.4, -0.2) is 44.5 Å². The molecule has 2 aliphatic rings. The summed E-state index contributed by atoms with van der Waals surface area (Å²) in [5.41, 5.74) is 4.85. The third-order valence-electron chi connectivity index (χ3n) is 6.52. The summed E-state index contributed by atoms with van der Waals surface area (Å²) >= 11 is 0. The Kier molecular flexibility index (Phi) is 5.70. The van der Waals surface area contributed by atoms with Crippen molar-refractivity contribution in [3.63, 3.8) is 0 Å². The van der Waals surface area contributed by atoms with Gasteiger partial charge in [0.25, 0.3) is 0 Å². The highest BCUT2D eigenvalue weighted by atomic mass is 19.1. The minimum atomic E-state index is -0.311. The van der Waals surface area contributed by atoms with Crippen LogP contribution < -0.4 is 0 Å². The average Bonchev–Trinajstić information content (AvgIpc) is 3.31. The third kappa shape index (κ3) is 4.53. The van der Waals surface area contributed by atoms with Crippen LogP contribution in [0.15, 0.2) is 54.6 Å². The first kappa shape index (κ1) is 21.4. The van der Waals surface area contributed by atoms with Gasteiger partial charge in [0, 0.05) is 38.2 Å². The Morgan fingerprint density at radius 3 is 2.61 bits per heavy atom. The van der Waals surface area contributed by atoms with Gasteiger partial charge in [0.05, 0.1) is 23.9 Å². The van der Waals surface area contributed by atoms with E-state index in [0.29, 0.717) is 26.2 Å². The molecule has 1 saturated heterocycles. The molecular formula is C26H27FN4O2. The quantitative estimate of drug-likeness (QED) is 0.613. The van der Waals surface area contributed by atoms with E-state index in [1.807, 2.05) is 46.8 Å². The molecule has 2 aromatic carbocycles. The van der Waals surface area contributed by atoms with Crippen LogP contribution in [0.25, 0.3) is 11.3 Å². The molecule has 3 aromatic rings. The predicted octanol–water partition coefficient (Wildman–Crippen LogP) is 3.78. The van der Waals surface area contributed by atoms with Crippen LogP contribution in [0.2, 0.25) is 0 Å². The second kappa shape index (κ2) is 8.81. The van der Waals surface area contributed by atoms with Crippen LogP contribution in [0.4, 0.5) is 4.39 Å². The summed E-state index contributed by atoms with van der Waals surface area (Å²) in [6, 6.07) is 16.4. The zero-order valence-corrected chi connectivity index (χ0v) is 18.7. The van der Waals surface area contributed by atoms with Gasteiger partial charge in [0.15, 0.2) is 0 Å². The van der Waals surface area contributed by atoms with E-state index in [0.717, 1.165) is 35.5 Å². The minimum Gasteiger partial charge on any atom is -0.338 e. The first-order valence-electron chi connectivity index (χ1n) is 11.4. The standard InChI is InChI=1S/C26H27FN4O2/c1-18-3-5-19(6-4-18)15-30-16-21(13-25(30)32)26(33)29-11-2-12-31-23(17-29)14-24(28-31)20-7-9-22(27)10-8-20/h3-10,14,21H,2,11-13,15-17H2,1H3. The number of hydrogen-bond acceptors (Lipinski definition) is 3. The van der Waals surface area contributed by atoms with Crippen molar-refractivity contribution < 1.29 is 14.0 Å². The maximum Gasteiger partial charge on any atom is 0.228 e. The molecule has 0 spiro atoms. The smallest absolute Gasteiger partial charge is 0.228 e. The molecule has 0 aliphatic carbocycles. The second-order valence-corrected chi connectivity index (χ2v) is 9.03. The molecule has 6 nitrogen and oxygen atoms in total. The number of likely N-dealkylation sites (tertiary alicyclic amines) is 1. The molecule has 170 valence electrons. The number of benzene rings is 2. The van der Waals surface area contributed by atoms with Crippen LogP contribution in [0, 0.1) is 18.7 Å². The van der Waals surface area contributed by atoms with Crippen molar-refractivity contribution in [2.24, 2.45) is 5.92 Å². The second-order valence-electron chi connectivity index (χ2n) is 9.03. The molecule has 1 fully saturated rings. The maximum absolute atomic E-state index is 13.3. The summed E-state index contributed by atoms with van der Waals surface area (Å²) in [7, 11) is 0. The van der Waals surface area contributed by atoms with Gasteiger partial charge in [-0.25, -0.2) is 4.39 Å². The van der Waals surface area contributed by atoms with Crippen LogP contribution in [-0.2, 0) is 29.2 Å². The summed E-state index contributed by atoms with van der Waals surface area (Å²) in [6.07, 6.45) is 1.07. The lowest BCUT2D eigenvalue weighted by Gasteiger charge is -2.23. The first-order chi connectivity index (χ1) is 16.0. The lowest BCUT2D eigenvalue weighted by molar-refractivity contribution is -0.136. The molecule has 1 atom stereocenters. The van der Waals surface area contributed by atoms with Crippen LogP contribution in [0.1, 0.15) is 29.7 Å². The number of hydrogen-bond donors (Lipinski definition) is 0. The van der Waals surface area contributed by atoms with Crippen LogP contribution >= 0.6 is 0 Å². The summed E-state index contributed by atoms with van der Waals surface area (Å²) in [6.45, 7) is 4.88. The van der Waals surface area contributed by atoms with Crippen molar-refractivity contribution in [2.75, 3.05) is 13.1 Å². The van der Waals surface area contributed by atoms with Gasteiger partial charge >= 0.3 is 0 Å². The number of nitrogens with zero attached hydrogens (tertiary/aromatic N) is 4. The van der Waals surface area contributed by atoms with Crippen LogP contribution in [0.5, 0.6) is 0 Å². The SMILES string of the molecule is Cc1ccc(CN2CC(C(=O)N3CCCn4nc(-c5ccc(F)cc5)cc4C3)CC2=O)cc1. The minimum absolute atomic E-state index is 0.0346. The summed E-state index contributed by atoms with van der Waals surface area (Å²) in [5.74, 6) is -0.520. The third-order valence-corrected chi connectivity index (χ3v) is 6.52. The van der Waals surface area contributed by atoms with E-state index >= 15 is 0 Å². The summed E-state index contributed by atoms with van der Waals surface area (Å²) in [4.78, 5) is 29.6. The van der Waals surface area contributed by atoms with Crippen molar-refractivity contribution in [3.05, 3.63) is 77.2 Å². The van der Waals surface area contributed by atoms with Gasteiger partial charge in [0.2, 0.25) is 11.8 Å². The number of rotatable bonds is 4. The predicted molar refractivity (Wildman–Crippen MR) is 122 cm³/mol. The molecule has 3 heterocycles. The average molecular weight is 447 g/mol. The molecule has 5 rings (SSSR count). The number of aromatic nitrogens is 2. The van der Waals surface area contributed by atoms with Crippen molar-refractivity contribution in [2.45, 2.75) is 39.4 Å². The fourth-order valence-corrected chi connectivity index (χ4v) is 4.67. The van der Waals surface area contributed by atoms with Gasteiger partial charge in [-0.2, -0.15) is 5.10 Å². The Morgan fingerprint density at radius 1 is 1.09 bits per heavy atom. The molecular weight excluding hydrogens is 419 g/mol. The van der Waals surface area contributed by atoms with E-state index in [1.165, 1.54) is 17.7 Å². The summed E-state index contributed by atoms with van der Waals surface area (Å²) in [5, 5.41) is 4.67. The first-order valence-corrected chi connectivity index (χ1v) is 11.4. The van der Waals surface area contributed by atoms with Gasteiger partial charge in [-0.15, -0.1) is 0 Å². The van der Waals surface area contributed by atoms with Gasteiger partial charge in [-0.05, 0) is 49.2 Å².